The van der Waals surface area contributed by atoms with Crippen LogP contribution < -0.4 is 9.47 Å². The smallest absolute Gasteiger partial charge is 0.342 e. The van der Waals surface area contributed by atoms with Crippen molar-refractivity contribution >= 4 is 34.7 Å². The Morgan fingerprint density at radius 2 is 1.94 bits per heavy atom. The topological polar surface area (TPSA) is 123 Å². The third-order valence-corrected chi connectivity index (χ3v) is 5.61. The first-order chi connectivity index (χ1) is 16.0. The number of nitrogens with zero attached hydrogens (tertiary/aromatic N) is 4. The molecule has 166 valence electrons. The molecule has 0 spiro atoms. The average molecular weight is 462 g/mol. The van der Waals surface area contributed by atoms with Crippen LogP contribution in [0.2, 0.25) is 0 Å². The van der Waals surface area contributed by atoms with Crippen LogP contribution in [0.3, 0.4) is 0 Å². The van der Waals surface area contributed by atoms with Gasteiger partial charge in [0.25, 0.3) is 5.22 Å². The molecule has 2 heterocycles. The predicted octanol–water partition coefficient (Wildman–Crippen LogP) is 4.45. The van der Waals surface area contributed by atoms with Gasteiger partial charge in [-0.25, -0.2) is 4.79 Å². The van der Waals surface area contributed by atoms with E-state index in [1.165, 1.54) is 20.3 Å². The summed E-state index contributed by atoms with van der Waals surface area (Å²) >= 11 is 0.843. The lowest BCUT2D eigenvalue weighted by molar-refractivity contribution is -0.131. The standard InChI is InChI=1S/C23H18N4O5S/c1-30-16-9-14(10-17(12-16)31-2)21-25-26-23(32-21)33-20(22(28)29)11-15-13-27(8-7-24)19-6-4-3-5-18(15)19/h3-6,9-13H,8H2,1-2H3,(H,28,29)/b20-11-. The number of fused-ring (bicyclic) bond motifs is 1. The van der Waals surface area contributed by atoms with E-state index in [0.29, 0.717) is 22.6 Å². The van der Waals surface area contributed by atoms with Gasteiger partial charge in [-0.1, -0.05) is 18.2 Å². The molecule has 0 unspecified atom stereocenters. The summed E-state index contributed by atoms with van der Waals surface area (Å²) in [6.07, 6.45) is 3.28. The molecule has 0 saturated heterocycles. The number of para-hydroxylation sites is 1. The highest BCUT2D eigenvalue weighted by Crippen LogP contribution is 2.34. The van der Waals surface area contributed by atoms with Crippen molar-refractivity contribution in [3.8, 4) is 29.0 Å². The first-order valence-electron chi connectivity index (χ1n) is 9.67. The highest BCUT2D eigenvalue weighted by atomic mass is 32.2. The Morgan fingerprint density at radius 1 is 1.21 bits per heavy atom. The van der Waals surface area contributed by atoms with Crippen molar-refractivity contribution in [1.29, 1.82) is 5.26 Å². The minimum absolute atomic E-state index is 0.00622. The molecular weight excluding hydrogens is 444 g/mol. The fourth-order valence-electron chi connectivity index (χ4n) is 3.27. The van der Waals surface area contributed by atoms with Crippen molar-refractivity contribution in [3.05, 3.63) is 59.1 Å². The molecule has 0 radical (unpaired) electrons. The number of nitriles is 1. The molecule has 33 heavy (non-hydrogen) atoms. The molecule has 4 aromatic rings. The summed E-state index contributed by atoms with van der Waals surface area (Å²) in [5.41, 5.74) is 2.08. The number of ether oxygens (including phenoxy) is 2. The van der Waals surface area contributed by atoms with Gasteiger partial charge in [0, 0.05) is 34.3 Å². The summed E-state index contributed by atoms with van der Waals surface area (Å²) in [6, 6.07) is 14.7. The number of rotatable bonds is 8. The van der Waals surface area contributed by atoms with Gasteiger partial charge in [0.1, 0.15) is 22.9 Å². The van der Waals surface area contributed by atoms with Crippen molar-refractivity contribution in [2.45, 2.75) is 11.8 Å². The zero-order valence-corrected chi connectivity index (χ0v) is 18.5. The second kappa shape index (κ2) is 9.50. The van der Waals surface area contributed by atoms with Gasteiger partial charge in [-0.15, -0.1) is 10.2 Å². The maximum absolute atomic E-state index is 11.9. The molecule has 0 atom stereocenters. The maximum Gasteiger partial charge on any atom is 0.342 e. The summed E-state index contributed by atoms with van der Waals surface area (Å²) in [6.45, 7) is 0.154. The maximum atomic E-state index is 11.9. The average Bonchev–Trinajstić information content (AvgIpc) is 3.44. The lowest BCUT2D eigenvalue weighted by Gasteiger charge is -2.05. The lowest BCUT2D eigenvalue weighted by atomic mass is 10.1. The van der Waals surface area contributed by atoms with Crippen molar-refractivity contribution in [3.63, 3.8) is 0 Å². The zero-order chi connectivity index (χ0) is 23.4. The molecule has 0 aliphatic heterocycles. The van der Waals surface area contributed by atoms with Gasteiger partial charge >= 0.3 is 5.97 Å². The normalized spacial score (nSPS) is 11.4. The number of carboxylic acids is 1. The molecule has 9 nitrogen and oxygen atoms in total. The number of thioether (sulfide) groups is 1. The van der Waals surface area contributed by atoms with E-state index < -0.39 is 5.97 Å². The van der Waals surface area contributed by atoms with E-state index in [1.54, 1.807) is 29.0 Å². The van der Waals surface area contributed by atoms with Crippen LogP contribution in [0.5, 0.6) is 11.5 Å². The van der Waals surface area contributed by atoms with Crippen molar-refractivity contribution in [2.24, 2.45) is 0 Å². The first kappa shape index (κ1) is 22.0. The van der Waals surface area contributed by atoms with Gasteiger partial charge in [-0.2, -0.15) is 5.26 Å². The molecule has 2 aromatic heterocycles. The zero-order valence-electron chi connectivity index (χ0n) is 17.7. The van der Waals surface area contributed by atoms with Gasteiger partial charge in [-0.3, -0.25) is 0 Å². The minimum Gasteiger partial charge on any atom is -0.497 e. The number of carboxylic acid groups (broad SMARTS) is 1. The Hall–Kier alpha value is -4.23. The fraction of sp³-hybridized carbons (Fsp3) is 0.130. The molecule has 4 rings (SSSR count). The SMILES string of the molecule is COc1cc(OC)cc(-c2nnc(S/C(=C\c3cn(CC#N)c4ccccc34)C(=O)O)o2)c1. The monoisotopic (exact) mass is 462 g/mol. The molecule has 2 aromatic carbocycles. The summed E-state index contributed by atoms with van der Waals surface area (Å²) in [7, 11) is 3.07. The van der Waals surface area contributed by atoms with Gasteiger partial charge in [-0.05, 0) is 36.0 Å². The number of hydrogen-bond acceptors (Lipinski definition) is 8. The van der Waals surface area contributed by atoms with E-state index in [2.05, 4.69) is 16.3 Å². The third-order valence-electron chi connectivity index (χ3n) is 4.76. The van der Waals surface area contributed by atoms with Crippen LogP contribution in [-0.4, -0.2) is 40.1 Å². The summed E-state index contributed by atoms with van der Waals surface area (Å²) in [4.78, 5) is 11.9. The lowest BCUT2D eigenvalue weighted by Crippen LogP contribution is -1.96. The summed E-state index contributed by atoms with van der Waals surface area (Å²) in [5.74, 6) is 0.165. The summed E-state index contributed by atoms with van der Waals surface area (Å²) < 4.78 is 18.0. The van der Waals surface area contributed by atoms with E-state index in [4.69, 9.17) is 19.2 Å². The first-order valence-corrected chi connectivity index (χ1v) is 10.5. The second-order valence-corrected chi connectivity index (χ2v) is 7.77. The highest BCUT2D eigenvalue weighted by molar-refractivity contribution is 8.03. The molecule has 0 aliphatic carbocycles. The second-order valence-electron chi connectivity index (χ2n) is 6.78. The molecule has 0 saturated carbocycles. The van der Waals surface area contributed by atoms with Crippen LogP contribution in [-0.2, 0) is 11.3 Å². The molecular formula is C23H18N4O5S. The molecule has 10 heteroatoms. The Kier molecular flexibility index (Phi) is 6.33. The Labute approximate surface area is 192 Å². The van der Waals surface area contributed by atoms with Gasteiger partial charge in [0.2, 0.25) is 5.89 Å². The number of hydrogen-bond donors (Lipinski definition) is 1. The van der Waals surface area contributed by atoms with Crippen LogP contribution in [0, 0.1) is 11.3 Å². The van der Waals surface area contributed by atoms with E-state index in [-0.39, 0.29) is 22.6 Å². The van der Waals surface area contributed by atoms with E-state index >= 15 is 0 Å². The van der Waals surface area contributed by atoms with Crippen LogP contribution in [0.25, 0.3) is 28.4 Å². The van der Waals surface area contributed by atoms with Crippen molar-refractivity contribution in [1.82, 2.24) is 14.8 Å². The minimum atomic E-state index is -1.14. The largest absolute Gasteiger partial charge is 0.497 e. The summed E-state index contributed by atoms with van der Waals surface area (Å²) in [5, 5.41) is 27.8. The molecule has 0 aliphatic rings. The van der Waals surface area contributed by atoms with Crippen LogP contribution in [0.4, 0.5) is 0 Å². The van der Waals surface area contributed by atoms with Crippen molar-refractivity contribution in [2.75, 3.05) is 14.2 Å². The number of aliphatic carboxylic acids is 1. The third kappa shape index (κ3) is 4.68. The number of methoxy groups -OCH3 is 2. The number of benzene rings is 2. The van der Waals surface area contributed by atoms with Gasteiger partial charge < -0.3 is 23.6 Å². The Morgan fingerprint density at radius 3 is 2.61 bits per heavy atom. The molecule has 0 fully saturated rings. The highest BCUT2D eigenvalue weighted by Gasteiger charge is 2.18. The van der Waals surface area contributed by atoms with Gasteiger partial charge in [0.15, 0.2) is 0 Å². The van der Waals surface area contributed by atoms with Crippen molar-refractivity contribution < 1.29 is 23.8 Å². The van der Waals surface area contributed by atoms with E-state index in [0.717, 1.165) is 22.7 Å². The number of carbonyl (C=O) groups is 1. The Bertz CT molecular complexity index is 1380. The van der Waals surface area contributed by atoms with Crippen LogP contribution in [0.1, 0.15) is 5.56 Å². The molecule has 0 bridgehead atoms. The molecule has 0 amide bonds. The number of aromatic nitrogens is 3. The predicted molar refractivity (Wildman–Crippen MR) is 122 cm³/mol. The van der Waals surface area contributed by atoms with Crippen LogP contribution >= 0.6 is 11.8 Å². The molecule has 1 N–H and O–H groups in total. The van der Waals surface area contributed by atoms with E-state index in [9.17, 15) is 9.90 Å². The van der Waals surface area contributed by atoms with Crippen LogP contribution in [0.15, 0.2) is 63.2 Å². The van der Waals surface area contributed by atoms with E-state index in [1.807, 2.05) is 24.3 Å². The Balaban J connectivity index is 1.67. The quantitative estimate of drug-likeness (QED) is 0.299. The fourth-order valence-corrected chi connectivity index (χ4v) is 3.93. The van der Waals surface area contributed by atoms with Gasteiger partial charge in [0.05, 0.1) is 20.3 Å².